The van der Waals surface area contributed by atoms with Crippen molar-refractivity contribution in [3.05, 3.63) is 34.9 Å². The van der Waals surface area contributed by atoms with E-state index in [-0.39, 0.29) is 18.7 Å². The quantitative estimate of drug-likeness (QED) is 0.732. The summed E-state index contributed by atoms with van der Waals surface area (Å²) < 4.78 is 5.52. The van der Waals surface area contributed by atoms with Gasteiger partial charge < -0.3 is 20.1 Å². The lowest BCUT2D eigenvalue weighted by Gasteiger charge is -2.36. The number of rotatable bonds is 7. The van der Waals surface area contributed by atoms with Gasteiger partial charge in [0.05, 0.1) is 0 Å². The van der Waals surface area contributed by atoms with Crippen molar-refractivity contribution in [3.8, 4) is 0 Å². The third-order valence-electron chi connectivity index (χ3n) is 5.56. The van der Waals surface area contributed by atoms with E-state index in [0.717, 1.165) is 45.1 Å². The molecule has 0 aliphatic heterocycles. The van der Waals surface area contributed by atoms with Crippen LogP contribution in [0.1, 0.15) is 75.5 Å². The van der Waals surface area contributed by atoms with E-state index in [2.05, 4.69) is 23.5 Å². The van der Waals surface area contributed by atoms with Gasteiger partial charge in [-0.2, -0.15) is 0 Å². The van der Waals surface area contributed by atoms with Gasteiger partial charge in [-0.15, -0.1) is 0 Å². The van der Waals surface area contributed by atoms with Gasteiger partial charge in [0.2, 0.25) is 0 Å². The van der Waals surface area contributed by atoms with Gasteiger partial charge >= 0.3 is 6.09 Å². The van der Waals surface area contributed by atoms with Crippen LogP contribution in [-0.2, 0) is 17.7 Å². The van der Waals surface area contributed by atoms with Gasteiger partial charge in [0, 0.05) is 26.2 Å². The molecule has 1 fully saturated rings. The van der Waals surface area contributed by atoms with Gasteiger partial charge in [-0.05, 0) is 89.0 Å². The average molecular weight is 391 g/mol. The Morgan fingerprint density at radius 1 is 1.25 bits per heavy atom. The number of carbonyl (C=O) groups excluding carboxylic acids is 1. The minimum absolute atomic E-state index is 0.222. The first kappa shape index (κ1) is 22.7. The molecule has 1 aliphatic carbocycles. The Bertz CT molecular complexity index is 631. The van der Waals surface area contributed by atoms with E-state index in [9.17, 15) is 4.79 Å². The summed E-state index contributed by atoms with van der Waals surface area (Å²) in [5, 5.41) is 12.4. The highest BCUT2D eigenvalue weighted by Gasteiger charge is 2.30. The molecule has 0 aromatic heterocycles. The maximum Gasteiger partial charge on any atom is 0.410 e. The molecule has 1 aromatic carbocycles. The summed E-state index contributed by atoms with van der Waals surface area (Å²) >= 11 is 0. The normalized spacial score (nSPS) is 20.1. The van der Waals surface area contributed by atoms with Crippen LogP contribution in [0.3, 0.4) is 0 Å². The molecular formula is C23H38N2O3. The molecule has 1 aliphatic rings. The standard InChI is InChI=1S/C23H38N2O3/c1-23(2,3)28-22(27)25(5)20-11-9-18(10-12-20)21-13-8-17(7-6-14-26)15-19(21)16-24-4/h8,13,15,18,20,24,26H,6-7,9-12,14,16H2,1-5H3. The van der Waals surface area contributed by atoms with Crippen LogP contribution in [0.15, 0.2) is 18.2 Å². The van der Waals surface area contributed by atoms with E-state index in [1.807, 2.05) is 34.9 Å². The van der Waals surface area contributed by atoms with Crippen molar-refractivity contribution in [1.82, 2.24) is 10.2 Å². The van der Waals surface area contributed by atoms with Gasteiger partial charge in [-0.1, -0.05) is 18.2 Å². The summed E-state index contributed by atoms with van der Waals surface area (Å²) in [6, 6.07) is 7.04. The first-order valence-electron chi connectivity index (χ1n) is 10.6. The predicted octanol–water partition coefficient (Wildman–Crippen LogP) is 4.22. The molecule has 5 nitrogen and oxygen atoms in total. The van der Waals surface area contributed by atoms with E-state index in [4.69, 9.17) is 9.84 Å². The number of aliphatic hydroxyl groups is 1. The molecule has 0 bridgehead atoms. The number of aliphatic hydroxyl groups excluding tert-OH is 1. The Morgan fingerprint density at radius 2 is 1.93 bits per heavy atom. The monoisotopic (exact) mass is 390 g/mol. The molecule has 2 rings (SSSR count). The summed E-state index contributed by atoms with van der Waals surface area (Å²) in [6.07, 6.45) is 5.69. The van der Waals surface area contributed by atoms with Gasteiger partial charge in [-0.25, -0.2) is 4.79 Å². The molecule has 2 N–H and O–H groups in total. The number of hydrogen-bond donors (Lipinski definition) is 2. The van der Waals surface area contributed by atoms with Gasteiger partial charge in [0.15, 0.2) is 0 Å². The van der Waals surface area contributed by atoms with Gasteiger partial charge in [0.25, 0.3) is 0 Å². The fourth-order valence-corrected chi connectivity index (χ4v) is 4.10. The maximum atomic E-state index is 12.4. The SMILES string of the molecule is CNCc1cc(CCCO)ccc1C1CCC(N(C)C(=O)OC(C)(C)C)CC1. The van der Waals surface area contributed by atoms with Gasteiger partial charge in [0.1, 0.15) is 5.60 Å². The Morgan fingerprint density at radius 3 is 2.50 bits per heavy atom. The molecule has 158 valence electrons. The van der Waals surface area contributed by atoms with Crippen LogP contribution in [0.5, 0.6) is 0 Å². The van der Waals surface area contributed by atoms with E-state index in [1.165, 1.54) is 16.7 Å². The van der Waals surface area contributed by atoms with Crippen LogP contribution in [0.25, 0.3) is 0 Å². The minimum atomic E-state index is -0.456. The number of benzene rings is 1. The zero-order valence-electron chi connectivity index (χ0n) is 18.3. The zero-order valence-corrected chi connectivity index (χ0v) is 18.3. The number of nitrogens with one attached hydrogen (secondary N) is 1. The molecule has 0 saturated heterocycles. The minimum Gasteiger partial charge on any atom is -0.444 e. The lowest BCUT2D eigenvalue weighted by Crippen LogP contribution is -2.42. The van der Waals surface area contributed by atoms with Crippen molar-refractivity contribution < 1.29 is 14.6 Å². The highest BCUT2D eigenvalue weighted by atomic mass is 16.6. The Kier molecular flexibility index (Phi) is 8.32. The van der Waals surface area contributed by atoms with Crippen LogP contribution in [0.4, 0.5) is 4.79 Å². The van der Waals surface area contributed by atoms with Crippen molar-refractivity contribution in [1.29, 1.82) is 0 Å². The van der Waals surface area contributed by atoms with Crippen LogP contribution in [-0.4, -0.2) is 48.4 Å². The average Bonchev–Trinajstić information content (AvgIpc) is 2.65. The fraction of sp³-hybridized carbons (Fsp3) is 0.696. The topological polar surface area (TPSA) is 61.8 Å². The first-order chi connectivity index (χ1) is 13.2. The van der Waals surface area contributed by atoms with Crippen molar-refractivity contribution in [2.75, 3.05) is 20.7 Å². The number of aryl methyl sites for hydroxylation is 1. The number of carbonyl (C=O) groups is 1. The summed E-state index contributed by atoms with van der Waals surface area (Å²) in [7, 11) is 3.85. The molecule has 0 unspecified atom stereocenters. The summed E-state index contributed by atoms with van der Waals surface area (Å²) in [4.78, 5) is 14.1. The third-order valence-corrected chi connectivity index (χ3v) is 5.56. The second-order valence-corrected chi connectivity index (χ2v) is 8.99. The van der Waals surface area contributed by atoms with Crippen LogP contribution < -0.4 is 5.32 Å². The van der Waals surface area contributed by atoms with Crippen molar-refractivity contribution >= 4 is 6.09 Å². The zero-order chi connectivity index (χ0) is 20.7. The molecule has 5 heteroatoms. The van der Waals surface area contributed by atoms with E-state index in [0.29, 0.717) is 5.92 Å². The number of nitrogens with zero attached hydrogens (tertiary/aromatic N) is 1. The number of ether oxygens (including phenoxy) is 1. The molecule has 1 aromatic rings. The second kappa shape index (κ2) is 10.3. The highest BCUT2D eigenvalue weighted by Crippen LogP contribution is 2.36. The van der Waals surface area contributed by atoms with Crippen molar-refractivity contribution in [3.63, 3.8) is 0 Å². The summed E-state index contributed by atoms with van der Waals surface area (Å²) in [6.45, 7) is 6.81. The highest BCUT2D eigenvalue weighted by molar-refractivity contribution is 5.68. The summed E-state index contributed by atoms with van der Waals surface area (Å²) in [5.41, 5.74) is 3.63. The van der Waals surface area contributed by atoms with Crippen LogP contribution in [0, 0.1) is 0 Å². The molecule has 0 radical (unpaired) electrons. The fourth-order valence-electron chi connectivity index (χ4n) is 4.10. The largest absolute Gasteiger partial charge is 0.444 e. The Labute approximate surface area is 170 Å². The van der Waals surface area contributed by atoms with E-state index >= 15 is 0 Å². The predicted molar refractivity (Wildman–Crippen MR) is 114 cm³/mol. The Hall–Kier alpha value is -1.59. The summed E-state index contributed by atoms with van der Waals surface area (Å²) in [5.74, 6) is 0.540. The molecule has 0 heterocycles. The third kappa shape index (κ3) is 6.49. The van der Waals surface area contributed by atoms with Crippen molar-refractivity contribution in [2.45, 2.75) is 83.4 Å². The lowest BCUT2D eigenvalue weighted by atomic mass is 9.79. The van der Waals surface area contributed by atoms with Crippen molar-refractivity contribution in [2.24, 2.45) is 0 Å². The van der Waals surface area contributed by atoms with Crippen LogP contribution >= 0.6 is 0 Å². The maximum absolute atomic E-state index is 12.4. The van der Waals surface area contributed by atoms with Crippen LogP contribution in [0.2, 0.25) is 0 Å². The molecule has 1 saturated carbocycles. The molecule has 1 amide bonds. The van der Waals surface area contributed by atoms with E-state index in [1.54, 1.807) is 4.90 Å². The number of amides is 1. The number of hydrogen-bond acceptors (Lipinski definition) is 4. The molecule has 0 spiro atoms. The van der Waals surface area contributed by atoms with Gasteiger partial charge in [-0.3, -0.25) is 0 Å². The molecule has 28 heavy (non-hydrogen) atoms. The van der Waals surface area contributed by atoms with E-state index < -0.39 is 5.60 Å². The molecular weight excluding hydrogens is 352 g/mol. The smallest absolute Gasteiger partial charge is 0.410 e. The second-order valence-electron chi connectivity index (χ2n) is 8.99. The molecule has 0 atom stereocenters. The Balaban J connectivity index is 2.01. The first-order valence-corrected chi connectivity index (χ1v) is 10.6. The lowest BCUT2D eigenvalue weighted by molar-refractivity contribution is 0.0183.